The second-order valence-electron chi connectivity index (χ2n) is 10.1. The molecule has 0 aliphatic heterocycles. The highest BCUT2D eigenvalue weighted by Gasteiger charge is 2.18. The summed E-state index contributed by atoms with van der Waals surface area (Å²) >= 11 is 0. The molecule has 10 heteroatoms. The van der Waals surface area contributed by atoms with Crippen LogP contribution < -0.4 is 25.3 Å². The summed E-state index contributed by atoms with van der Waals surface area (Å²) in [6, 6.07) is 12.0. The number of hydrogen-bond donors (Lipinski definition) is 2. The lowest BCUT2D eigenvalue weighted by molar-refractivity contribution is -0.111. The van der Waals surface area contributed by atoms with Crippen molar-refractivity contribution in [3.05, 3.63) is 67.0 Å². The van der Waals surface area contributed by atoms with Crippen molar-refractivity contribution in [3.8, 4) is 17.0 Å². The van der Waals surface area contributed by atoms with E-state index in [1.807, 2.05) is 77.6 Å². The first-order valence-corrected chi connectivity index (χ1v) is 13.0. The third-order valence-corrected chi connectivity index (χ3v) is 6.65. The van der Waals surface area contributed by atoms with Crippen LogP contribution in [0.25, 0.3) is 22.2 Å². The predicted molar refractivity (Wildman–Crippen MR) is 165 cm³/mol. The Morgan fingerprint density at radius 1 is 1.10 bits per heavy atom. The van der Waals surface area contributed by atoms with Crippen molar-refractivity contribution in [2.24, 2.45) is 0 Å². The number of aryl methyl sites for hydroxylation is 1. The molecule has 0 fully saturated rings. The molecule has 4 rings (SSSR count). The molecule has 10 nitrogen and oxygen atoms in total. The third kappa shape index (κ3) is 6.02. The van der Waals surface area contributed by atoms with E-state index in [1.54, 1.807) is 7.11 Å². The average Bonchev–Trinajstić information content (AvgIpc) is 3.32. The van der Waals surface area contributed by atoms with Gasteiger partial charge < -0.3 is 30.2 Å². The van der Waals surface area contributed by atoms with E-state index in [9.17, 15) is 4.79 Å². The van der Waals surface area contributed by atoms with Crippen LogP contribution in [0.2, 0.25) is 0 Å². The highest BCUT2D eigenvalue weighted by Crippen LogP contribution is 2.38. The molecule has 210 valence electrons. The summed E-state index contributed by atoms with van der Waals surface area (Å²) in [5.41, 5.74) is 5.95. The Morgan fingerprint density at radius 2 is 1.85 bits per heavy atom. The van der Waals surface area contributed by atoms with Gasteiger partial charge in [-0.1, -0.05) is 24.8 Å². The van der Waals surface area contributed by atoms with Gasteiger partial charge in [-0.2, -0.15) is 0 Å². The number of methoxy groups -OCH3 is 1. The summed E-state index contributed by atoms with van der Waals surface area (Å²) < 4.78 is 7.85. The fourth-order valence-corrected chi connectivity index (χ4v) is 4.48. The smallest absolute Gasteiger partial charge is 0.247 e. The molecule has 2 aromatic heterocycles. The summed E-state index contributed by atoms with van der Waals surface area (Å²) in [5, 5.41) is 9.38. The summed E-state index contributed by atoms with van der Waals surface area (Å²) in [5.74, 6) is 0.707. The third-order valence-electron chi connectivity index (χ3n) is 6.65. The zero-order chi connectivity index (χ0) is 29.0. The van der Waals surface area contributed by atoms with Gasteiger partial charge in [0.1, 0.15) is 5.75 Å². The van der Waals surface area contributed by atoms with Crippen molar-refractivity contribution in [2.45, 2.75) is 6.92 Å². The molecule has 0 radical (unpaired) electrons. The molecule has 0 aliphatic carbocycles. The number of fused-ring (bicyclic) bond motifs is 1. The second kappa shape index (κ2) is 12.1. The van der Waals surface area contributed by atoms with E-state index in [4.69, 9.17) is 9.72 Å². The fraction of sp³-hybridized carbons (Fsp3) is 0.300. The number of anilines is 4. The van der Waals surface area contributed by atoms with E-state index in [0.29, 0.717) is 23.1 Å². The van der Waals surface area contributed by atoms with Crippen LogP contribution in [-0.2, 0) is 4.79 Å². The fourth-order valence-electron chi connectivity index (χ4n) is 4.48. The van der Waals surface area contributed by atoms with Crippen molar-refractivity contribution in [3.63, 3.8) is 0 Å². The number of hydrogen-bond acceptors (Lipinski definition) is 8. The SMILES string of the molecule is C=CC(=O)Nc1cc(Nc2ncc(C)c(-c3cn(N(C)C)c4ccccc34)n2)c(OC)cc1N(C)CCN(C)C. The minimum absolute atomic E-state index is 0.301. The van der Waals surface area contributed by atoms with Crippen molar-refractivity contribution in [1.82, 2.24) is 19.5 Å². The van der Waals surface area contributed by atoms with Crippen molar-refractivity contribution >= 4 is 39.8 Å². The van der Waals surface area contributed by atoms with Crippen LogP contribution in [0.15, 0.2) is 61.4 Å². The van der Waals surface area contributed by atoms with Gasteiger partial charge in [-0.3, -0.25) is 9.47 Å². The van der Waals surface area contributed by atoms with E-state index in [0.717, 1.165) is 46.5 Å². The Kier molecular flexibility index (Phi) is 8.59. The van der Waals surface area contributed by atoms with Crippen LogP contribution in [0.3, 0.4) is 0 Å². The quantitative estimate of drug-likeness (QED) is 0.268. The predicted octanol–water partition coefficient (Wildman–Crippen LogP) is 4.48. The Balaban J connectivity index is 1.76. The number of carbonyl (C=O) groups is 1. The highest BCUT2D eigenvalue weighted by atomic mass is 16.5. The van der Waals surface area contributed by atoms with Crippen LogP contribution >= 0.6 is 0 Å². The number of rotatable bonds is 11. The van der Waals surface area contributed by atoms with Gasteiger partial charge in [0.25, 0.3) is 0 Å². The van der Waals surface area contributed by atoms with E-state index in [2.05, 4.69) is 55.0 Å². The molecular formula is C30H38N8O2. The minimum Gasteiger partial charge on any atom is -0.494 e. The monoisotopic (exact) mass is 542 g/mol. The Labute approximate surface area is 235 Å². The molecule has 2 heterocycles. The van der Waals surface area contributed by atoms with Gasteiger partial charge in [0.15, 0.2) is 0 Å². The van der Waals surface area contributed by atoms with Gasteiger partial charge in [-0.15, -0.1) is 0 Å². The number of nitrogens with one attached hydrogen (secondary N) is 2. The lowest BCUT2D eigenvalue weighted by Gasteiger charge is -2.26. The number of ether oxygens (including phenoxy) is 1. The average molecular weight is 543 g/mol. The van der Waals surface area contributed by atoms with Crippen LogP contribution in [-0.4, -0.2) is 80.9 Å². The molecule has 0 spiro atoms. The Hall–Kier alpha value is -4.57. The van der Waals surface area contributed by atoms with E-state index < -0.39 is 0 Å². The van der Waals surface area contributed by atoms with Gasteiger partial charge in [0, 0.05) is 63.6 Å². The van der Waals surface area contributed by atoms with Crippen molar-refractivity contribution in [2.75, 3.05) is 76.0 Å². The lowest BCUT2D eigenvalue weighted by Crippen LogP contribution is -2.29. The van der Waals surface area contributed by atoms with Crippen molar-refractivity contribution < 1.29 is 9.53 Å². The molecule has 2 aromatic carbocycles. The van der Waals surface area contributed by atoms with Crippen LogP contribution in [0, 0.1) is 6.92 Å². The van der Waals surface area contributed by atoms with Gasteiger partial charge >= 0.3 is 0 Å². The summed E-state index contributed by atoms with van der Waals surface area (Å²) in [4.78, 5) is 26.0. The largest absolute Gasteiger partial charge is 0.494 e. The molecular weight excluding hydrogens is 504 g/mol. The van der Waals surface area contributed by atoms with Gasteiger partial charge in [0.2, 0.25) is 11.9 Å². The lowest BCUT2D eigenvalue weighted by atomic mass is 10.1. The number of likely N-dealkylation sites (N-methyl/N-ethyl adjacent to an activating group) is 2. The van der Waals surface area contributed by atoms with E-state index in [1.165, 1.54) is 6.08 Å². The molecule has 0 atom stereocenters. The molecule has 2 N–H and O–H groups in total. The summed E-state index contributed by atoms with van der Waals surface area (Å²) in [7, 11) is 11.7. The van der Waals surface area contributed by atoms with E-state index >= 15 is 0 Å². The first kappa shape index (κ1) is 28.4. The molecule has 0 aliphatic rings. The maximum Gasteiger partial charge on any atom is 0.247 e. The normalized spacial score (nSPS) is 11.0. The number of benzene rings is 2. The summed E-state index contributed by atoms with van der Waals surface area (Å²) in [6.45, 7) is 7.20. The first-order chi connectivity index (χ1) is 19.1. The molecule has 0 unspecified atom stereocenters. The number of para-hydroxylation sites is 1. The number of nitrogens with zero attached hydrogens (tertiary/aromatic N) is 6. The zero-order valence-electron chi connectivity index (χ0n) is 24.3. The van der Waals surface area contributed by atoms with Gasteiger partial charge in [-0.25, -0.2) is 9.97 Å². The van der Waals surface area contributed by atoms with Crippen LogP contribution in [0.1, 0.15) is 5.56 Å². The summed E-state index contributed by atoms with van der Waals surface area (Å²) in [6.07, 6.45) is 5.15. The van der Waals surface area contributed by atoms with Crippen LogP contribution in [0.4, 0.5) is 23.0 Å². The molecule has 0 saturated carbocycles. The molecule has 0 bridgehead atoms. The molecule has 0 saturated heterocycles. The standard InChI is InChI=1S/C30H38N8O2/c1-9-28(39)32-23-16-24(27(40-8)17-26(23)37(7)15-14-35(3)4)33-30-31-18-20(2)29(34-30)22-19-38(36(5)6)25-13-11-10-12-21(22)25/h9-13,16-19H,1,14-15H2,2-8H3,(H,32,39)(H,31,33,34). The Morgan fingerprint density at radius 3 is 2.52 bits per heavy atom. The van der Waals surface area contributed by atoms with Gasteiger partial charge in [-0.05, 0) is 44.8 Å². The number of amides is 1. The maximum atomic E-state index is 12.3. The Bertz CT molecular complexity index is 1530. The topological polar surface area (TPSA) is 90.8 Å². The number of carbonyl (C=O) groups excluding carboxylic acids is 1. The molecule has 1 amide bonds. The van der Waals surface area contributed by atoms with Crippen molar-refractivity contribution in [1.29, 1.82) is 0 Å². The minimum atomic E-state index is -0.301. The van der Waals surface area contributed by atoms with Crippen LogP contribution in [0.5, 0.6) is 5.75 Å². The first-order valence-electron chi connectivity index (χ1n) is 13.0. The second-order valence-corrected chi connectivity index (χ2v) is 10.1. The van der Waals surface area contributed by atoms with Gasteiger partial charge in [0.05, 0.1) is 35.4 Å². The molecule has 40 heavy (non-hydrogen) atoms. The highest BCUT2D eigenvalue weighted by molar-refractivity contribution is 6.02. The zero-order valence-corrected chi connectivity index (χ0v) is 24.3. The molecule has 4 aromatic rings. The maximum absolute atomic E-state index is 12.3. The number of aromatic nitrogens is 3. The van der Waals surface area contributed by atoms with E-state index in [-0.39, 0.29) is 5.91 Å².